The fourth-order valence-electron chi connectivity index (χ4n) is 4.79. The summed E-state index contributed by atoms with van der Waals surface area (Å²) >= 11 is 0. The molecule has 1 N–H and O–H groups in total. The van der Waals surface area contributed by atoms with Crippen LogP contribution in [0.2, 0.25) is 0 Å². The number of H-pyrrole nitrogens is 1. The van der Waals surface area contributed by atoms with Crippen LogP contribution in [0.5, 0.6) is 0 Å². The number of aromatic nitrogens is 1. The van der Waals surface area contributed by atoms with Crippen LogP contribution in [0.1, 0.15) is 34.5 Å². The molecule has 2 fully saturated rings. The van der Waals surface area contributed by atoms with Crippen molar-refractivity contribution in [1.29, 1.82) is 0 Å². The molecule has 27 heavy (non-hydrogen) atoms. The number of hydrogen-bond donors (Lipinski definition) is 1. The number of ether oxygens (including phenoxy) is 1. The third-order valence-corrected chi connectivity index (χ3v) is 6.38. The topological polar surface area (TPSA) is 65.6 Å². The van der Waals surface area contributed by atoms with Crippen molar-refractivity contribution in [1.82, 2.24) is 14.8 Å². The van der Waals surface area contributed by atoms with E-state index in [4.69, 9.17) is 4.74 Å². The average molecular weight is 367 g/mol. The van der Waals surface area contributed by atoms with Crippen molar-refractivity contribution in [3.63, 3.8) is 0 Å². The molecule has 2 atom stereocenters. The van der Waals surface area contributed by atoms with Crippen LogP contribution in [0.4, 0.5) is 0 Å². The van der Waals surface area contributed by atoms with Gasteiger partial charge in [-0.25, -0.2) is 0 Å². The van der Waals surface area contributed by atoms with E-state index in [-0.39, 0.29) is 23.8 Å². The maximum absolute atomic E-state index is 13.2. The fourth-order valence-corrected chi connectivity index (χ4v) is 4.79. The van der Waals surface area contributed by atoms with Crippen LogP contribution in [0.15, 0.2) is 18.2 Å². The van der Waals surface area contributed by atoms with Gasteiger partial charge in [-0.1, -0.05) is 6.07 Å². The molecule has 2 aliphatic heterocycles. The molecule has 2 saturated heterocycles. The van der Waals surface area contributed by atoms with Crippen LogP contribution >= 0.6 is 0 Å². The van der Waals surface area contributed by atoms with E-state index in [2.05, 4.69) is 11.1 Å². The number of nitrogens with zero attached hydrogens (tertiary/aromatic N) is 2. The van der Waals surface area contributed by atoms with Gasteiger partial charge in [0.15, 0.2) is 0 Å². The zero-order valence-electron chi connectivity index (χ0n) is 15.7. The number of carbonyl (C=O) groups excluding carboxylic acids is 2. The summed E-state index contributed by atoms with van der Waals surface area (Å²) in [5.41, 5.74) is 4.50. The summed E-state index contributed by atoms with van der Waals surface area (Å²) in [6.07, 6.45) is 4.68. The van der Waals surface area contributed by atoms with Gasteiger partial charge in [0.25, 0.3) is 5.91 Å². The minimum Gasteiger partial charge on any atom is -0.378 e. The van der Waals surface area contributed by atoms with Gasteiger partial charge in [-0.15, -0.1) is 0 Å². The second-order valence-electron chi connectivity index (χ2n) is 8.10. The van der Waals surface area contributed by atoms with Crippen LogP contribution in [0.25, 0.3) is 10.9 Å². The quantitative estimate of drug-likeness (QED) is 0.838. The number of benzene rings is 1. The van der Waals surface area contributed by atoms with Crippen molar-refractivity contribution in [3.05, 3.63) is 35.0 Å². The van der Waals surface area contributed by atoms with Gasteiger partial charge in [-0.3, -0.25) is 9.59 Å². The highest BCUT2D eigenvalue weighted by atomic mass is 16.5. The molecule has 1 aromatic carbocycles. The lowest BCUT2D eigenvalue weighted by Gasteiger charge is -2.29. The number of rotatable bonds is 1. The van der Waals surface area contributed by atoms with Crippen LogP contribution in [-0.2, 0) is 22.4 Å². The summed E-state index contributed by atoms with van der Waals surface area (Å²) in [4.78, 5) is 32.9. The monoisotopic (exact) mass is 367 g/mol. The summed E-state index contributed by atoms with van der Waals surface area (Å²) < 4.78 is 5.63. The number of carbonyl (C=O) groups is 2. The smallest absolute Gasteiger partial charge is 0.254 e. The molecule has 5 rings (SSSR count). The normalized spacial score (nSPS) is 25.4. The number of aryl methyl sites for hydroxylation is 2. The lowest BCUT2D eigenvalue weighted by atomic mass is 9.95. The molecule has 2 aromatic rings. The number of aromatic amines is 1. The molecular weight excluding hydrogens is 342 g/mol. The molecular formula is C21H25N3O3. The zero-order valence-corrected chi connectivity index (χ0v) is 15.7. The second-order valence-corrected chi connectivity index (χ2v) is 8.10. The Morgan fingerprint density at radius 3 is 2.93 bits per heavy atom. The number of nitrogens with one attached hydrogen (secondary N) is 1. The third-order valence-electron chi connectivity index (χ3n) is 6.38. The van der Waals surface area contributed by atoms with Gasteiger partial charge in [0.1, 0.15) is 0 Å². The summed E-state index contributed by atoms with van der Waals surface area (Å²) in [6.45, 7) is 1.84. The highest BCUT2D eigenvalue weighted by Crippen LogP contribution is 2.30. The zero-order chi connectivity index (χ0) is 18.5. The van der Waals surface area contributed by atoms with E-state index in [1.165, 1.54) is 29.5 Å². The van der Waals surface area contributed by atoms with Gasteiger partial charge in [0.2, 0.25) is 5.91 Å². The Balaban J connectivity index is 1.46. The Morgan fingerprint density at radius 1 is 1.19 bits per heavy atom. The van der Waals surface area contributed by atoms with E-state index >= 15 is 0 Å². The first kappa shape index (κ1) is 16.8. The number of amides is 2. The standard InChI is InChI=1S/C21H25N3O3/c1-23-15-10-24(9-14(20(23)25)11-27-12-15)21(26)13-6-7-17-16-4-2-3-5-18(16)22-19(17)8-13/h6-8,14-15,22H,2-5,9-12H2,1H3/t14-,15+/m1/s1. The van der Waals surface area contributed by atoms with Gasteiger partial charge in [-0.05, 0) is 43.4 Å². The largest absolute Gasteiger partial charge is 0.378 e. The van der Waals surface area contributed by atoms with Gasteiger partial charge in [0.05, 0.1) is 25.2 Å². The van der Waals surface area contributed by atoms with E-state index in [1.807, 2.05) is 24.1 Å². The lowest BCUT2D eigenvalue weighted by Crippen LogP contribution is -2.45. The Morgan fingerprint density at radius 2 is 2.04 bits per heavy atom. The van der Waals surface area contributed by atoms with Crippen LogP contribution in [0, 0.1) is 5.92 Å². The maximum atomic E-state index is 13.2. The predicted molar refractivity (Wildman–Crippen MR) is 102 cm³/mol. The third kappa shape index (κ3) is 2.74. The van der Waals surface area contributed by atoms with E-state index in [9.17, 15) is 9.59 Å². The van der Waals surface area contributed by atoms with Crippen molar-refractivity contribution in [2.24, 2.45) is 5.92 Å². The van der Waals surface area contributed by atoms with E-state index in [1.54, 1.807) is 4.90 Å². The van der Waals surface area contributed by atoms with Crippen molar-refractivity contribution >= 4 is 22.7 Å². The van der Waals surface area contributed by atoms with E-state index < -0.39 is 0 Å². The molecule has 0 radical (unpaired) electrons. The lowest BCUT2D eigenvalue weighted by molar-refractivity contribution is -0.133. The first-order valence-electron chi connectivity index (χ1n) is 9.89. The second kappa shape index (κ2) is 6.37. The van der Waals surface area contributed by atoms with Crippen molar-refractivity contribution in [3.8, 4) is 0 Å². The fraction of sp³-hybridized carbons (Fsp3) is 0.524. The Labute approximate surface area is 158 Å². The molecule has 142 valence electrons. The molecule has 3 aliphatic rings. The first-order valence-corrected chi connectivity index (χ1v) is 9.89. The number of fused-ring (bicyclic) bond motifs is 6. The Bertz CT molecular complexity index is 919. The highest BCUT2D eigenvalue weighted by Gasteiger charge is 2.39. The summed E-state index contributed by atoms with van der Waals surface area (Å²) in [6, 6.07) is 5.94. The van der Waals surface area contributed by atoms with E-state index in [0.717, 1.165) is 18.4 Å². The number of likely N-dealkylation sites (N-methyl/N-ethyl adjacent to an activating group) is 1. The van der Waals surface area contributed by atoms with Crippen molar-refractivity contribution in [2.75, 3.05) is 33.4 Å². The van der Waals surface area contributed by atoms with Gasteiger partial charge in [0, 0.05) is 42.3 Å². The summed E-state index contributed by atoms with van der Waals surface area (Å²) in [5.74, 6) is -0.183. The summed E-state index contributed by atoms with van der Waals surface area (Å²) in [7, 11) is 1.82. The molecule has 0 spiro atoms. The molecule has 2 amide bonds. The van der Waals surface area contributed by atoms with Crippen LogP contribution in [0.3, 0.4) is 0 Å². The minimum absolute atomic E-state index is 0.00414. The summed E-state index contributed by atoms with van der Waals surface area (Å²) in [5, 5.41) is 1.25. The molecule has 6 heteroatoms. The van der Waals surface area contributed by atoms with Gasteiger partial charge < -0.3 is 19.5 Å². The van der Waals surface area contributed by atoms with Crippen LogP contribution < -0.4 is 0 Å². The van der Waals surface area contributed by atoms with Gasteiger partial charge >= 0.3 is 0 Å². The van der Waals surface area contributed by atoms with Gasteiger partial charge in [-0.2, -0.15) is 0 Å². The molecule has 1 aliphatic carbocycles. The minimum atomic E-state index is -0.270. The van der Waals surface area contributed by atoms with Crippen LogP contribution in [-0.4, -0.2) is 66.0 Å². The highest BCUT2D eigenvalue weighted by molar-refractivity contribution is 5.99. The maximum Gasteiger partial charge on any atom is 0.254 e. The molecule has 0 saturated carbocycles. The Kier molecular flexibility index (Phi) is 3.97. The first-order chi connectivity index (χ1) is 13.1. The molecule has 6 nitrogen and oxygen atoms in total. The molecule has 3 heterocycles. The predicted octanol–water partition coefficient (Wildman–Crippen LogP) is 1.98. The van der Waals surface area contributed by atoms with E-state index in [0.29, 0.717) is 31.9 Å². The Hall–Kier alpha value is -2.34. The SMILES string of the molecule is CN1C(=O)[C@H]2COC[C@@H]1CN(C(=O)c1ccc3c4c([nH]c3c1)CCCC4)C2. The average Bonchev–Trinajstić information content (AvgIpc) is 2.92. The molecule has 2 bridgehead atoms. The van der Waals surface area contributed by atoms with Crippen molar-refractivity contribution in [2.45, 2.75) is 31.7 Å². The molecule has 0 unspecified atom stereocenters. The van der Waals surface area contributed by atoms with Crippen molar-refractivity contribution < 1.29 is 14.3 Å². The number of hydrogen-bond acceptors (Lipinski definition) is 3. The molecule has 1 aromatic heterocycles.